The lowest BCUT2D eigenvalue weighted by Crippen LogP contribution is -2.13. The predicted octanol–water partition coefficient (Wildman–Crippen LogP) is 1.72. The van der Waals surface area contributed by atoms with Gasteiger partial charge < -0.3 is 5.32 Å². The number of benzene rings is 1. The van der Waals surface area contributed by atoms with E-state index in [9.17, 15) is 4.79 Å². The summed E-state index contributed by atoms with van der Waals surface area (Å²) in [5.74, 6) is -0.332. The number of halogens is 1. The first-order chi connectivity index (χ1) is 7.66. The van der Waals surface area contributed by atoms with Crippen molar-refractivity contribution in [2.45, 2.75) is 0 Å². The summed E-state index contributed by atoms with van der Waals surface area (Å²) in [6.07, 6.45) is 1.40. The van der Waals surface area contributed by atoms with Crippen LogP contribution in [-0.2, 0) is 7.05 Å². The van der Waals surface area contributed by atoms with Crippen molar-refractivity contribution in [2.24, 2.45) is 7.05 Å². The second-order valence-electron chi connectivity index (χ2n) is 3.15. The molecule has 6 heteroatoms. The number of carbonyl (C=O) groups excluding carboxylic acids is 1. The third-order valence-electron chi connectivity index (χ3n) is 1.95. The van der Waals surface area contributed by atoms with Crippen molar-refractivity contribution < 1.29 is 4.79 Å². The van der Waals surface area contributed by atoms with Crippen LogP contribution < -0.4 is 5.32 Å². The zero-order chi connectivity index (χ0) is 11.5. The monoisotopic (exact) mass is 236 g/mol. The van der Waals surface area contributed by atoms with E-state index in [4.69, 9.17) is 11.6 Å². The summed E-state index contributed by atoms with van der Waals surface area (Å²) in [4.78, 5) is 13.0. The number of amides is 1. The second kappa shape index (κ2) is 4.32. The number of nitrogens with one attached hydrogen (secondary N) is 1. The molecule has 0 aliphatic rings. The molecule has 5 nitrogen and oxygen atoms in total. The van der Waals surface area contributed by atoms with Gasteiger partial charge >= 0.3 is 0 Å². The van der Waals surface area contributed by atoms with E-state index in [0.717, 1.165) is 0 Å². The van der Waals surface area contributed by atoms with E-state index >= 15 is 0 Å². The fraction of sp³-hybridized carbons (Fsp3) is 0.100. The van der Waals surface area contributed by atoms with Gasteiger partial charge in [0.05, 0.1) is 16.9 Å². The quantitative estimate of drug-likeness (QED) is 0.864. The Balaban J connectivity index is 2.17. The minimum absolute atomic E-state index is 0.252. The van der Waals surface area contributed by atoms with Crippen LogP contribution in [0.3, 0.4) is 0 Å². The van der Waals surface area contributed by atoms with Crippen LogP contribution in [0.15, 0.2) is 30.5 Å². The van der Waals surface area contributed by atoms with Gasteiger partial charge in [-0.05, 0) is 12.1 Å². The Kier molecular flexibility index (Phi) is 2.87. The smallest absolute Gasteiger partial charge is 0.277 e. The molecule has 0 radical (unpaired) electrons. The highest BCUT2D eigenvalue weighted by Gasteiger charge is 2.11. The molecule has 1 N–H and O–H groups in total. The van der Waals surface area contributed by atoms with Crippen LogP contribution in [0.25, 0.3) is 0 Å². The van der Waals surface area contributed by atoms with E-state index < -0.39 is 0 Å². The normalized spacial score (nSPS) is 10.1. The predicted molar refractivity (Wildman–Crippen MR) is 60.4 cm³/mol. The molecule has 0 fully saturated rings. The summed E-state index contributed by atoms with van der Waals surface area (Å²) in [7, 11) is 1.65. The second-order valence-corrected chi connectivity index (χ2v) is 3.56. The fourth-order valence-electron chi connectivity index (χ4n) is 1.20. The van der Waals surface area contributed by atoms with E-state index in [1.165, 1.54) is 11.0 Å². The molecule has 0 spiro atoms. The molecule has 0 saturated carbocycles. The van der Waals surface area contributed by atoms with Crippen LogP contribution in [0.4, 0.5) is 5.69 Å². The van der Waals surface area contributed by atoms with E-state index in [1.807, 2.05) is 0 Å². The molecule has 1 heterocycles. The molecule has 2 aromatic rings. The first-order valence-electron chi connectivity index (χ1n) is 4.59. The van der Waals surface area contributed by atoms with Crippen LogP contribution in [-0.4, -0.2) is 20.9 Å². The number of carbonyl (C=O) groups is 1. The number of nitrogens with zero attached hydrogens (tertiary/aromatic N) is 3. The van der Waals surface area contributed by atoms with Crippen molar-refractivity contribution in [2.75, 3.05) is 5.32 Å². The molecule has 0 bridgehead atoms. The zero-order valence-corrected chi connectivity index (χ0v) is 9.27. The fourth-order valence-corrected chi connectivity index (χ4v) is 1.38. The van der Waals surface area contributed by atoms with Gasteiger partial charge in [-0.2, -0.15) is 9.90 Å². The Morgan fingerprint density at radius 1 is 1.44 bits per heavy atom. The minimum atomic E-state index is -0.332. The number of rotatable bonds is 2. The lowest BCUT2D eigenvalue weighted by Gasteiger charge is -2.04. The summed E-state index contributed by atoms with van der Waals surface area (Å²) in [5.41, 5.74) is 0.808. The number of hydrogen-bond acceptors (Lipinski definition) is 3. The van der Waals surface area contributed by atoms with Crippen molar-refractivity contribution in [3.05, 3.63) is 41.2 Å². The lowest BCUT2D eigenvalue weighted by atomic mass is 10.3. The molecule has 0 aliphatic carbocycles. The van der Waals surface area contributed by atoms with Gasteiger partial charge in [-0.3, -0.25) is 4.79 Å². The summed E-state index contributed by atoms with van der Waals surface area (Å²) in [5, 5.41) is 10.8. The Labute approximate surface area is 97.0 Å². The molecule has 0 saturated heterocycles. The SMILES string of the molecule is Cn1ncc(C(=O)Nc2ccccc2Cl)n1. The molecule has 2 rings (SSSR count). The summed E-state index contributed by atoms with van der Waals surface area (Å²) >= 11 is 5.91. The van der Waals surface area contributed by atoms with Gasteiger partial charge in [0.25, 0.3) is 5.91 Å². The Morgan fingerprint density at radius 3 is 2.81 bits per heavy atom. The van der Waals surface area contributed by atoms with Crippen molar-refractivity contribution in [1.82, 2.24) is 15.0 Å². The first kappa shape index (κ1) is 10.6. The Bertz CT molecular complexity index is 523. The molecule has 0 aliphatic heterocycles. The molecular formula is C10H9ClN4O. The Morgan fingerprint density at radius 2 is 2.19 bits per heavy atom. The van der Waals surface area contributed by atoms with Gasteiger partial charge in [0.1, 0.15) is 0 Å². The highest BCUT2D eigenvalue weighted by Crippen LogP contribution is 2.20. The minimum Gasteiger partial charge on any atom is -0.319 e. The molecule has 1 aromatic heterocycles. The van der Waals surface area contributed by atoms with E-state index in [0.29, 0.717) is 10.7 Å². The van der Waals surface area contributed by atoms with Crippen molar-refractivity contribution >= 4 is 23.2 Å². The topological polar surface area (TPSA) is 59.8 Å². The maximum Gasteiger partial charge on any atom is 0.277 e. The largest absolute Gasteiger partial charge is 0.319 e. The molecular weight excluding hydrogens is 228 g/mol. The third-order valence-corrected chi connectivity index (χ3v) is 2.28. The molecule has 1 aromatic carbocycles. The van der Waals surface area contributed by atoms with Crippen LogP contribution >= 0.6 is 11.6 Å². The number of aryl methyl sites for hydroxylation is 1. The maximum atomic E-state index is 11.7. The highest BCUT2D eigenvalue weighted by molar-refractivity contribution is 6.33. The number of aromatic nitrogens is 3. The average Bonchev–Trinajstić information content (AvgIpc) is 2.68. The molecule has 16 heavy (non-hydrogen) atoms. The van der Waals surface area contributed by atoms with Gasteiger partial charge in [0.2, 0.25) is 0 Å². The average molecular weight is 237 g/mol. The molecule has 0 atom stereocenters. The lowest BCUT2D eigenvalue weighted by molar-refractivity contribution is 0.102. The summed E-state index contributed by atoms with van der Waals surface area (Å²) in [6.45, 7) is 0. The van der Waals surface area contributed by atoms with Gasteiger partial charge in [0, 0.05) is 7.05 Å². The summed E-state index contributed by atoms with van der Waals surface area (Å²) in [6, 6.07) is 7.00. The first-order valence-corrected chi connectivity index (χ1v) is 4.97. The van der Waals surface area contributed by atoms with Crippen molar-refractivity contribution in [1.29, 1.82) is 0 Å². The summed E-state index contributed by atoms with van der Waals surface area (Å²) < 4.78 is 0. The van der Waals surface area contributed by atoms with Gasteiger partial charge in [-0.25, -0.2) is 0 Å². The van der Waals surface area contributed by atoms with Crippen LogP contribution in [0, 0.1) is 0 Å². The van der Waals surface area contributed by atoms with Crippen LogP contribution in [0.5, 0.6) is 0 Å². The van der Waals surface area contributed by atoms with Crippen molar-refractivity contribution in [3.8, 4) is 0 Å². The zero-order valence-electron chi connectivity index (χ0n) is 8.51. The van der Waals surface area contributed by atoms with E-state index in [2.05, 4.69) is 15.5 Å². The van der Waals surface area contributed by atoms with E-state index in [-0.39, 0.29) is 11.6 Å². The standard InChI is InChI=1S/C10H9ClN4O/c1-15-12-6-9(14-15)10(16)13-8-5-3-2-4-7(8)11/h2-6H,1H3,(H,13,16). The van der Waals surface area contributed by atoms with Gasteiger partial charge in [0.15, 0.2) is 5.69 Å². The number of hydrogen-bond donors (Lipinski definition) is 1. The van der Waals surface area contributed by atoms with Gasteiger partial charge in [-0.1, -0.05) is 23.7 Å². The van der Waals surface area contributed by atoms with Crippen LogP contribution in [0.2, 0.25) is 5.02 Å². The van der Waals surface area contributed by atoms with Crippen molar-refractivity contribution in [3.63, 3.8) is 0 Å². The van der Waals surface area contributed by atoms with Gasteiger partial charge in [-0.15, -0.1) is 5.10 Å². The number of anilines is 1. The van der Waals surface area contributed by atoms with Crippen LogP contribution in [0.1, 0.15) is 10.5 Å². The maximum absolute atomic E-state index is 11.7. The highest BCUT2D eigenvalue weighted by atomic mass is 35.5. The molecule has 0 unspecified atom stereocenters. The molecule has 1 amide bonds. The Hall–Kier alpha value is -1.88. The number of para-hydroxylation sites is 1. The third kappa shape index (κ3) is 2.20. The van der Waals surface area contributed by atoms with E-state index in [1.54, 1.807) is 31.3 Å². The molecule has 82 valence electrons.